The minimum atomic E-state index is -2.80. The number of carbonyl (C=O) groups excluding carboxylic acids is 2. The van der Waals surface area contributed by atoms with Crippen LogP contribution in [0.2, 0.25) is 0 Å². The van der Waals surface area contributed by atoms with E-state index < -0.39 is 17.7 Å². The highest BCUT2D eigenvalue weighted by Crippen LogP contribution is 2.59. The number of anilines is 1. The molecule has 2 atom stereocenters. The van der Waals surface area contributed by atoms with Gasteiger partial charge < -0.3 is 19.7 Å². The average molecular weight is 604 g/mol. The molecule has 3 aromatic rings. The molecule has 6 rings (SSSR count). The van der Waals surface area contributed by atoms with Crippen LogP contribution in [0.15, 0.2) is 36.8 Å². The second-order valence-corrected chi connectivity index (χ2v) is 12.8. The van der Waals surface area contributed by atoms with E-state index in [1.54, 1.807) is 11.0 Å². The molecule has 3 aromatic heterocycles. The van der Waals surface area contributed by atoms with Crippen LogP contribution in [-0.2, 0) is 14.3 Å². The first-order valence-electron chi connectivity index (χ1n) is 14.9. The Balaban J connectivity index is 1.19. The number of halogens is 2. The summed E-state index contributed by atoms with van der Waals surface area (Å²) >= 11 is 0. The van der Waals surface area contributed by atoms with Crippen LogP contribution >= 0.6 is 0 Å². The minimum absolute atomic E-state index is 0.166. The molecule has 3 aliphatic rings. The fourth-order valence-electron chi connectivity index (χ4n) is 6.14. The average Bonchev–Trinajstić information content (AvgIpc) is 3.54. The normalized spacial score (nSPS) is 21.8. The molecule has 9 nitrogen and oxygen atoms in total. The number of fused-ring (bicyclic) bond motifs is 1. The van der Waals surface area contributed by atoms with Crippen LogP contribution in [0.1, 0.15) is 81.3 Å². The van der Waals surface area contributed by atoms with Gasteiger partial charge in [0.25, 0.3) is 6.43 Å². The van der Waals surface area contributed by atoms with Gasteiger partial charge in [-0.25, -0.2) is 23.5 Å². The molecule has 2 aliphatic heterocycles. The molecule has 11 heteroatoms. The lowest BCUT2D eigenvalue weighted by Gasteiger charge is -2.24. The van der Waals surface area contributed by atoms with Gasteiger partial charge in [-0.2, -0.15) is 0 Å². The highest BCUT2D eigenvalue weighted by atomic mass is 19.3. The number of hydrogen-bond donors (Lipinski definition) is 1. The number of rotatable bonds is 4. The Kier molecular flexibility index (Phi) is 7.97. The maximum atomic E-state index is 13.8. The van der Waals surface area contributed by atoms with Crippen molar-refractivity contribution in [2.45, 2.75) is 64.4 Å². The molecule has 0 aromatic carbocycles. The summed E-state index contributed by atoms with van der Waals surface area (Å²) in [5.41, 5.74) is 0.837. The van der Waals surface area contributed by atoms with Crippen molar-refractivity contribution in [1.29, 1.82) is 0 Å². The smallest absolute Gasteiger partial charge is 0.410 e. The third kappa shape index (κ3) is 6.36. The van der Waals surface area contributed by atoms with Crippen LogP contribution in [0.5, 0.6) is 0 Å². The number of carbonyl (C=O) groups is 2. The lowest BCUT2D eigenvalue weighted by molar-refractivity contribution is -0.118. The predicted molar refractivity (Wildman–Crippen MR) is 159 cm³/mol. The third-order valence-electron chi connectivity index (χ3n) is 8.61. The summed E-state index contributed by atoms with van der Waals surface area (Å²) in [5.74, 6) is 6.20. The summed E-state index contributed by atoms with van der Waals surface area (Å²) in [6, 6.07) is 5.43. The van der Waals surface area contributed by atoms with Crippen LogP contribution in [-0.4, -0.2) is 63.8 Å². The molecule has 2 amide bonds. The maximum absolute atomic E-state index is 13.8. The molecule has 0 bridgehead atoms. The quantitative estimate of drug-likeness (QED) is 0.374. The first-order chi connectivity index (χ1) is 21.0. The van der Waals surface area contributed by atoms with Gasteiger partial charge >= 0.3 is 6.09 Å². The van der Waals surface area contributed by atoms with Gasteiger partial charge in [-0.3, -0.25) is 9.78 Å². The van der Waals surface area contributed by atoms with E-state index in [1.807, 2.05) is 39.1 Å². The molecular weight excluding hydrogens is 568 g/mol. The van der Waals surface area contributed by atoms with Crippen molar-refractivity contribution in [2.24, 2.45) is 11.3 Å². The summed E-state index contributed by atoms with van der Waals surface area (Å²) in [6.45, 7) is 7.93. The van der Waals surface area contributed by atoms with Crippen LogP contribution in [0.4, 0.5) is 19.4 Å². The number of amides is 2. The summed E-state index contributed by atoms with van der Waals surface area (Å²) in [7, 11) is 0. The van der Waals surface area contributed by atoms with Crippen molar-refractivity contribution in [3.8, 4) is 11.8 Å². The lowest BCUT2D eigenvalue weighted by atomic mass is 9.93. The van der Waals surface area contributed by atoms with Gasteiger partial charge in [0.2, 0.25) is 5.91 Å². The number of nitrogens with one attached hydrogen (secondary N) is 1. The Morgan fingerprint density at radius 3 is 2.59 bits per heavy atom. The van der Waals surface area contributed by atoms with Crippen LogP contribution < -0.4 is 5.32 Å². The van der Waals surface area contributed by atoms with E-state index >= 15 is 0 Å². The largest absolute Gasteiger partial charge is 0.444 e. The van der Waals surface area contributed by atoms with Gasteiger partial charge in [0.1, 0.15) is 22.8 Å². The molecule has 230 valence electrons. The fraction of sp³-hybridized carbons (Fsp3) is 0.485. The molecule has 5 heterocycles. The van der Waals surface area contributed by atoms with Gasteiger partial charge in [-0.05, 0) is 76.0 Å². The van der Waals surface area contributed by atoms with Crippen molar-refractivity contribution >= 4 is 28.6 Å². The summed E-state index contributed by atoms with van der Waals surface area (Å²) in [4.78, 5) is 40.1. The fourth-order valence-corrected chi connectivity index (χ4v) is 6.14. The zero-order valence-electron chi connectivity index (χ0n) is 25.0. The zero-order valence-corrected chi connectivity index (χ0v) is 25.0. The van der Waals surface area contributed by atoms with Crippen LogP contribution in [0.3, 0.4) is 0 Å². The highest BCUT2D eigenvalue weighted by molar-refractivity contribution is 5.97. The first-order valence-corrected chi connectivity index (χ1v) is 14.9. The van der Waals surface area contributed by atoms with Gasteiger partial charge in [-0.1, -0.05) is 12.0 Å². The Morgan fingerprint density at radius 1 is 1.09 bits per heavy atom. The van der Waals surface area contributed by atoms with E-state index in [9.17, 15) is 18.4 Å². The standard InChI is InChI=1S/C33H35F2N5O4/c1-32(2,3)44-31(42)40-11-10-33(19-40)15-26(33)30(41)39-27-14-24-22(17-38-28(29(34)35)25(24)18-37-27)5-7-23-6-4-21(16-36-23)20-8-12-43-13-9-20/h4,6,14,16-18,20,26,29H,8-13,15,19H2,1-3H3,(H,37,39,41). The van der Waals surface area contributed by atoms with Gasteiger partial charge in [-0.15, -0.1) is 0 Å². The summed E-state index contributed by atoms with van der Waals surface area (Å²) < 4.78 is 38.5. The third-order valence-corrected chi connectivity index (χ3v) is 8.61. The molecule has 0 radical (unpaired) electrons. The second-order valence-electron chi connectivity index (χ2n) is 12.8. The van der Waals surface area contributed by atoms with E-state index in [1.165, 1.54) is 12.4 Å². The van der Waals surface area contributed by atoms with Crippen molar-refractivity contribution in [3.05, 3.63) is 59.3 Å². The Labute approximate surface area is 254 Å². The number of hydrogen-bond acceptors (Lipinski definition) is 7. The number of ether oxygens (including phenoxy) is 2. The molecule has 3 fully saturated rings. The molecule has 2 unspecified atom stereocenters. The van der Waals surface area contributed by atoms with Gasteiger partial charge in [0, 0.05) is 67.0 Å². The summed E-state index contributed by atoms with van der Waals surface area (Å²) in [5, 5.41) is 3.43. The van der Waals surface area contributed by atoms with E-state index in [0.29, 0.717) is 48.5 Å². The van der Waals surface area contributed by atoms with Crippen molar-refractivity contribution in [3.63, 3.8) is 0 Å². The number of aromatic nitrogens is 3. The Bertz CT molecular complexity index is 1640. The molecule has 2 saturated heterocycles. The van der Waals surface area contributed by atoms with E-state index in [-0.39, 0.29) is 34.5 Å². The van der Waals surface area contributed by atoms with Crippen LogP contribution in [0.25, 0.3) is 10.8 Å². The van der Waals surface area contributed by atoms with Crippen molar-refractivity contribution < 1.29 is 27.8 Å². The number of pyridine rings is 3. The Morgan fingerprint density at radius 2 is 1.89 bits per heavy atom. The summed E-state index contributed by atoms with van der Waals surface area (Å²) in [6.07, 6.45) is 4.55. The van der Waals surface area contributed by atoms with Crippen LogP contribution in [0, 0.1) is 23.2 Å². The highest BCUT2D eigenvalue weighted by Gasteiger charge is 2.61. The lowest BCUT2D eigenvalue weighted by Crippen LogP contribution is -2.35. The monoisotopic (exact) mass is 603 g/mol. The predicted octanol–water partition coefficient (Wildman–Crippen LogP) is 5.84. The SMILES string of the molecule is CC(C)(C)OC(=O)N1CCC2(CC2C(=O)Nc2cc3c(C#Cc4ccc(C5CCOCC5)cn4)cnc(C(F)F)c3cn2)C1. The molecule has 44 heavy (non-hydrogen) atoms. The van der Waals surface area contributed by atoms with Gasteiger partial charge in [0.15, 0.2) is 0 Å². The van der Waals surface area contributed by atoms with E-state index in [2.05, 4.69) is 32.1 Å². The molecule has 1 saturated carbocycles. The van der Waals surface area contributed by atoms with Crippen molar-refractivity contribution in [1.82, 2.24) is 19.9 Å². The molecule has 1 N–H and O–H groups in total. The Hall–Kier alpha value is -4.17. The minimum Gasteiger partial charge on any atom is -0.444 e. The number of likely N-dealkylation sites (tertiary alicyclic amines) is 1. The maximum Gasteiger partial charge on any atom is 0.410 e. The van der Waals surface area contributed by atoms with Gasteiger partial charge in [0.05, 0.1) is 5.56 Å². The number of alkyl halides is 2. The second kappa shape index (κ2) is 11.7. The zero-order chi connectivity index (χ0) is 31.1. The first kappa shape index (κ1) is 29.9. The molecule has 1 spiro atoms. The van der Waals surface area contributed by atoms with Crippen molar-refractivity contribution in [2.75, 3.05) is 31.6 Å². The molecule has 1 aliphatic carbocycles. The number of nitrogens with zero attached hydrogens (tertiary/aromatic N) is 4. The topological polar surface area (TPSA) is 107 Å². The van der Waals surface area contributed by atoms with E-state index in [0.717, 1.165) is 31.6 Å². The van der Waals surface area contributed by atoms with E-state index in [4.69, 9.17) is 9.47 Å². The molecular formula is C33H35F2N5O4.